The molecule has 0 radical (unpaired) electrons. The van der Waals surface area contributed by atoms with Crippen LogP contribution in [0.1, 0.15) is 20.8 Å². The molecule has 5 heteroatoms. The van der Waals surface area contributed by atoms with Crippen molar-refractivity contribution in [3.63, 3.8) is 0 Å². The lowest BCUT2D eigenvalue weighted by Gasteiger charge is -2.18. The fraction of sp³-hybridized carbons (Fsp3) is 0.500. The molecule has 0 atom stereocenters. The van der Waals surface area contributed by atoms with E-state index in [-0.39, 0.29) is 17.4 Å². The van der Waals surface area contributed by atoms with Gasteiger partial charge in [0, 0.05) is 28.9 Å². The van der Waals surface area contributed by atoms with E-state index in [1.807, 2.05) is 24.3 Å². The van der Waals surface area contributed by atoms with Crippen LogP contribution in [0.3, 0.4) is 0 Å². The number of nitrogens with zero attached hydrogens (tertiary/aromatic N) is 1. The fourth-order valence-electron chi connectivity index (χ4n) is 1.43. The molecule has 19 heavy (non-hydrogen) atoms. The third-order valence-corrected chi connectivity index (χ3v) is 3.43. The number of anilines is 1. The van der Waals surface area contributed by atoms with Gasteiger partial charge in [-0.15, -0.1) is 11.8 Å². The normalized spacial score (nSPS) is 11.2. The van der Waals surface area contributed by atoms with E-state index in [0.29, 0.717) is 6.54 Å². The van der Waals surface area contributed by atoms with Crippen molar-refractivity contribution < 1.29 is 9.90 Å². The van der Waals surface area contributed by atoms with Crippen LogP contribution in [0.4, 0.5) is 10.5 Å². The molecule has 0 saturated heterocycles. The number of amides is 2. The number of likely N-dealkylation sites (N-methyl/N-ethyl adjacent to an activating group) is 1. The number of carbonyl (C=O) groups is 1. The topological polar surface area (TPSA) is 52.6 Å². The van der Waals surface area contributed by atoms with Crippen molar-refractivity contribution in [1.29, 1.82) is 0 Å². The first kappa shape index (κ1) is 15.9. The lowest BCUT2D eigenvalue weighted by atomic mass is 10.3. The second-order valence-corrected chi connectivity index (χ2v) is 7.21. The first-order chi connectivity index (χ1) is 8.81. The number of carbonyl (C=O) groups excluding carboxylic acids is 1. The molecule has 0 saturated carbocycles. The number of thioether (sulfide) groups is 1. The highest BCUT2D eigenvalue weighted by Crippen LogP contribution is 2.32. The van der Waals surface area contributed by atoms with Gasteiger partial charge in [-0.1, -0.05) is 20.8 Å². The molecule has 2 N–H and O–H groups in total. The van der Waals surface area contributed by atoms with Crippen LogP contribution < -0.4 is 5.32 Å². The highest BCUT2D eigenvalue weighted by molar-refractivity contribution is 8.00. The average Bonchev–Trinajstić information content (AvgIpc) is 2.30. The Labute approximate surface area is 119 Å². The minimum atomic E-state index is -0.217. The fourth-order valence-corrected chi connectivity index (χ4v) is 2.41. The molecule has 0 aromatic heterocycles. The summed E-state index contributed by atoms with van der Waals surface area (Å²) in [7, 11) is 1.65. The Morgan fingerprint density at radius 2 is 1.89 bits per heavy atom. The van der Waals surface area contributed by atoms with Gasteiger partial charge in [-0.05, 0) is 24.3 Å². The number of hydrogen-bond donors (Lipinski definition) is 2. The van der Waals surface area contributed by atoms with E-state index in [9.17, 15) is 4.79 Å². The minimum absolute atomic E-state index is 0.0366. The maximum absolute atomic E-state index is 11.7. The molecular weight excluding hydrogens is 260 g/mol. The van der Waals surface area contributed by atoms with Crippen molar-refractivity contribution in [1.82, 2.24) is 4.90 Å². The molecular formula is C14H22N2O2S. The summed E-state index contributed by atoms with van der Waals surface area (Å²) in [5.74, 6) is 0. The van der Waals surface area contributed by atoms with Gasteiger partial charge in [-0.25, -0.2) is 4.79 Å². The Kier molecular flexibility index (Phi) is 5.69. The van der Waals surface area contributed by atoms with Crippen LogP contribution in [-0.4, -0.2) is 41.0 Å². The third-order valence-electron chi connectivity index (χ3n) is 2.31. The van der Waals surface area contributed by atoms with Gasteiger partial charge in [0.15, 0.2) is 0 Å². The highest BCUT2D eigenvalue weighted by Gasteiger charge is 2.12. The predicted molar refractivity (Wildman–Crippen MR) is 80.8 cm³/mol. The van der Waals surface area contributed by atoms with Gasteiger partial charge >= 0.3 is 6.03 Å². The second kappa shape index (κ2) is 6.82. The minimum Gasteiger partial charge on any atom is -0.395 e. The number of nitrogens with one attached hydrogen (secondary N) is 1. The van der Waals surface area contributed by atoms with Gasteiger partial charge in [0.05, 0.1) is 6.61 Å². The summed E-state index contributed by atoms with van der Waals surface area (Å²) < 4.78 is 0.173. The largest absolute Gasteiger partial charge is 0.395 e. The van der Waals surface area contributed by atoms with Crippen LogP contribution in [0.5, 0.6) is 0 Å². The SMILES string of the molecule is CN(CCO)C(=O)Nc1ccc(SC(C)(C)C)cc1. The van der Waals surface area contributed by atoms with Crippen molar-refractivity contribution in [3.8, 4) is 0 Å². The van der Waals surface area contributed by atoms with Gasteiger partial charge in [-0.2, -0.15) is 0 Å². The Morgan fingerprint density at radius 3 is 2.37 bits per heavy atom. The maximum Gasteiger partial charge on any atom is 0.321 e. The van der Waals surface area contributed by atoms with E-state index in [1.54, 1.807) is 18.8 Å². The van der Waals surface area contributed by atoms with Crippen LogP contribution in [0.25, 0.3) is 0 Å². The molecule has 0 aliphatic carbocycles. The third kappa shape index (κ3) is 5.98. The van der Waals surface area contributed by atoms with E-state index >= 15 is 0 Å². The Bertz CT molecular complexity index is 412. The molecule has 1 rings (SSSR count). The van der Waals surface area contributed by atoms with Crippen molar-refractivity contribution in [2.24, 2.45) is 0 Å². The van der Waals surface area contributed by atoms with E-state index in [0.717, 1.165) is 5.69 Å². The van der Waals surface area contributed by atoms with E-state index < -0.39 is 0 Å². The zero-order valence-electron chi connectivity index (χ0n) is 11.9. The number of benzene rings is 1. The Balaban J connectivity index is 2.59. The van der Waals surface area contributed by atoms with Crippen LogP contribution in [-0.2, 0) is 0 Å². The lowest BCUT2D eigenvalue weighted by molar-refractivity contribution is 0.202. The highest BCUT2D eigenvalue weighted by atomic mass is 32.2. The van der Waals surface area contributed by atoms with Crippen LogP contribution in [0.15, 0.2) is 29.2 Å². The Morgan fingerprint density at radius 1 is 1.32 bits per heavy atom. The standard InChI is InChI=1S/C14H22N2O2S/c1-14(2,3)19-12-7-5-11(6-8-12)15-13(18)16(4)9-10-17/h5-8,17H,9-10H2,1-4H3,(H,15,18). The van der Waals surface area contributed by atoms with Crippen molar-refractivity contribution >= 4 is 23.5 Å². The smallest absolute Gasteiger partial charge is 0.321 e. The number of aliphatic hydroxyl groups excluding tert-OH is 1. The predicted octanol–water partition coefficient (Wildman–Crippen LogP) is 3.03. The molecule has 0 spiro atoms. The van der Waals surface area contributed by atoms with Gasteiger partial charge in [0.1, 0.15) is 0 Å². The molecule has 0 heterocycles. The molecule has 0 unspecified atom stereocenters. The maximum atomic E-state index is 11.7. The number of hydrogen-bond acceptors (Lipinski definition) is 3. The van der Waals surface area contributed by atoms with Crippen LogP contribution in [0.2, 0.25) is 0 Å². The van der Waals surface area contributed by atoms with Crippen molar-refractivity contribution in [2.45, 2.75) is 30.4 Å². The summed E-state index contributed by atoms with van der Waals surface area (Å²) in [6.45, 7) is 6.78. The number of aliphatic hydroxyl groups is 1. The van der Waals surface area contributed by atoms with E-state index in [2.05, 4.69) is 26.1 Å². The van der Waals surface area contributed by atoms with E-state index in [1.165, 1.54) is 9.80 Å². The van der Waals surface area contributed by atoms with Crippen LogP contribution >= 0.6 is 11.8 Å². The zero-order valence-corrected chi connectivity index (χ0v) is 12.8. The van der Waals surface area contributed by atoms with Crippen molar-refractivity contribution in [2.75, 3.05) is 25.5 Å². The number of rotatable bonds is 4. The average molecular weight is 282 g/mol. The zero-order chi connectivity index (χ0) is 14.5. The second-order valence-electron chi connectivity index (χ2n) is 5.31. The molecule has 2 amide bonds. The molecule has 0 fully saturated rings. The quantitative estimate of drug-likeness (QED) is 0.835. The molecule has 0 aliphatic heterocycles. The number of urea groups is 1. The first-order valence-electron chi connectivity index (χ1n) is 6.24. The summed E-state index contributed by atoms with van der Waals surface area (Å²) in [6, 6.07) is 7.55. The molecule has 4 nitrogen and oxygen atoms in total. The van der Waals surface area contributed by atoms with Crippen molar-refractivity contribution in [3.05, 3.63) is 24.3 Å². The summed E-state index contributed by atoms with van der Waals surface area (Å²) in [6.07, 6.45) is 0. The molecule has 0 aliphatic rings. The van der Waals surface area contributed by atoms with Gasteiger partial charge in [0.25, 0.3) is 0 Å². The van der Waals surface area contributed by atoms with Gasteiger partial charge < -0.3 is 15.3 Å². The molecule has 0 bridgehead atoms. The van der Waals surface area contributed by atoms with Gasteiger partial charge in [-0.3, -0.25) is 0 Å². The summed E-state index contributed by atoms with van der Waals surface area (Å²) in [5, 5.41) is 11.6. The van der Waals surface area contributed by atoms with Crippen LogP contribution in [0, 0.1) is 0 Å². The molecule has 106 valence electrons. The van der Waals surface area contributed by atoms with Gasteiger partial charge in [0.2, 0.25) is 0 Å². The summed E-state index contributed by atoms with van der Waals surface area (Å²) >= 11 is 1.79. The Hall–Kier alpha value is -1.20. The monoisotopic (exact) mass is 282 g/mol. The molecule has 1 aromatic carbocycles. The molecule has 1 aromatic rings. The van der Waals surface area contributed by atoms with E-state index in [4.69, 9.17) is 5.11 Å². The summed E-state index contributed by atoms with van der Waals surface area (Å²) in [4.78, 5) is 14.3. The lowest BCUT2D eigenvalue weighted by Crippen LogP contribution is -2.33. The first-order valence-corrected chi connectivity index (χ1v) is 7.05. The summed E-state index contributed by atoms with van der Waals surface area (Å²) in [5.41, 5.74) is 0.757.